The molecule has 142 valence electrons. The van der Waals surface area contributed by atoms with Crippen LogP contribution in [0.25, 0.3) is 0 Å². The monoisotopic (exact) mass is 352 g/mol. The highest BCUT2D eigenvalue weighted by molar-refractivity contribution is 6.09. The summed E-state index contributed by atoms with van der Waals surface area (Å²) in [5, 5.41) is 2.92. The molecule has 1 aliphatic heterocycles. The number of nitrogens with zero attached hydrogens (tertiary/aromatic N) is 2. The van der Waals surface area contributed by atoms with E-state index in [9.17, 15) is 14.4 Å². The van der Waals surface area contributed by atoms with E-state index in [1.807, 2.05) is 6.92 Å². The van der Waals surface area contributed by atoms with Crippen molar-refractivity contribution in [1.82, 2.24) is 15.1 Å². The summed E-state index contributed by atoms with van der Waals surface area (Å²) in [6.45, 7) is 6.10. The van der Waals surface area contributed by atoms with Crippen LogP contribution in [-0.2, 0) is 9.59 Å². The normalized spacial score (nSPS) is 22.6. The van der Waals surface area contributed by atoms with Crippen molar-refractivity contribution in [2.75, 3.05) is 20.1 Å². The Kier molecular flexibility index (Phi) is 5.76. The van der Waals surface area contributed by atoms with Crippen LogP contribution in [0, 0.1) is 5.92 Å². The first-order valence-corrected chi connectivity index (χ1v) is 9.26. The van der Waals surface area contributed by atoms with Gasteiger partial charge in [-0.2, -0.15) is 0 Å². The summed E-state index contributed by atoms with van der Waals surface area (Å²) >= 11 is 0. The van der Waals surface area contributed by atoms with Crippen LogP contribution in [0.4, 0.5) is 4.79 Å². The number of imide groups is 1. The van der Waals surface area contributed by atoms with Gasteiger partial charge >= 0.3 is 6.03 Å². The number of nitrogens with two attached hydrogens (primary N) is 1. The first kappa shape index (κ1) is 19.7. The van der Waals surface area contributed by atoms with Gasteiger partial charge in [-0.3, -0.25) is 14.5 Å². The van der Waals surface area contributed by atoms with E-state index in [2.05, 4.69) is 19.2 Å². The standard InChI is InChI=1S/C18H32N4O3/c1-13(2)10-17(3,12-19)20-14(23)11-22-15(24)18(21(4)16(22)25)8-6-5-7-9-18/h13H,5-12,19H2,1-4H3,(H,20,23). The molecular weight excluding hydrogens is 320 g/mol. The number of urea groups is 1. The highest BCUT2D eigenvalue weighted by atomic mass is 16.2. The smallest absolute Gasteiger partial charge is 0.327 e. The van der Waals surface area contributed by atoms with Gasteiger partial charge in [0.1, 0.15) is 12.1 Å². The van der Waals surface area contributed by atoms with Crippen LogP contribution >= 0.6 is 0 Å². The van der Waals surface area contributed by atoms with Crippen molar-refractivity contribution < 1.29 is 14.4 Å². The molecule has 2 rings (SSSR count). The second-order valence-electron chi connectivity index (χ2n) is 8.24. The maximum atomic E-state index is 12.9. The number of carbonyl (C=O) groups excluding carboxylic acids is 3. The molecule has 4 amide bonds. The first-order valence-electron chi connectivity index (χ1n) is 9.26. The minimum atomic E-state index is -0.745. The lowest BCUT2D eigenvalue weighted by molar-refractivity contribution is -0.137. The van der Waals surface area contributed by atoms with E-state index in [-0.39, 0.29) is 24.4 Å². The van der Waals surface area contributed by atoms with Gasteiger partial charge in [-0.15, -0.1) is 0 Å². The number of carbonyl (C=O) groups is 3. The van der Waals surface area contributed by atoms with E-state index < -0.39 is 11.1 Å². The Hall–Kier alpha value is -1.63. The fraction of sp³-hybridized carbons (Fsp3) is 0.833. The molecule has 1 aliphatic carbocycles. The van der Waals surface area contributed by atoms with Crippen molar-refractivity contribution in [2.24, 2.45) is 11.7 Å². The molecule has 25 heavy (non-hydrogen) atoms. The highest BCUT2D eigenvalue weighted by Gasteiger charge is 2.55. The Morgan fingerprint density at radius 3 is 2.40 bits per heavy atom. The zero-order valence-electron chi connectivity index (χ0n) is 15.9. The molecule has 7 heteroatoms. The van der Waals surface area contributed by atoms with Crippen molar-refractivity contribution in [2.45, 2.75) is 70.4 Å². The predicted octanol–water partition coefficient (Wildman–Crippen LogP) is 1.46. The van der Waals surface area contributed by atoms with Crippen molar-refractivity contribution in [1.29, 1.82) is 0 Å². The molecule has 1 atom stereocenters. The van der Waals surface area contributed by atoms with Crippen molar-refractivity contribution in [3.63, 3.8) is 0 Å². The lowest BCUT2D eigenvalue weighted by Crippen LogP contribution is -2.55. The van der Waals surface area contributed by atoms with Crippen molar-refractivity contribution in [3.05, 3.63) is 0 Å². The molecule has 1 spiro atoms. The third-order valence-electron chi connectivity index (χ3n) is 5.54. The summed E-state index contributed by atoms with van der Waals surface area (Å²) in [7, 11) is 1.67. The topological polar surface area (TPSA) is 95.7 Å². The quantitative estimate of drug-likeness (QED) is 0.708. The van der Waals surface area contributed by atoms with Gasteiger partial charge < -0.3 is 16.0 Å². The molecule has 2 aliphatic rings. The van der Waals surface area contributed by atoms with Gasteiger partial charge in [0.2, 0.25) is 5.91 Å². The summed E-state index contributed by atoms with van der Waals surface area (Å²) in [4.78, 5) is 40.6. The fourth-order valence-electron chi connectivity index (χ4n) is 4.28. The number of hydrogen-bond donors (Lipinski definition) is 2. The molecule has 3 N–H and O–H groups in total. The second-order valence-corrected chi connectivity index (χ2v) is 8.24. The molecule has 2 fully saturated rings. The van der Waals surface area contributed by atoms with Gasteiger partial charge in [0, 0.05) is 19.1 Å². The molecule has 7 nitrogen and oxygen atoms in total. The van der Waals surface area contributed by atoms with Crippen LogP contribution in [0.5, 0.6) is 0 Å². The molecule has 0 aromatic rings. The van der Waals surface area contributed by atoms with Crippen LogP contribution < -0.4 is 11.1 Å². The Morgan fingerprint density at radius 2 is 1.88 bits per heavy atom. The van der Waals surface area contributed by atoms with Crippen molar-refractivity contribution >= 4 is 17.8 Å². The van der Waals surface area contributed by atoms with Gasteiger partial charge in [0.25, 0.3) is 5.91 Å². The Balaban J connectivity index is 2.08. The Morgan fingerprint density at radius 1 is 1.28 bits per heavy atom. The lowest BCUT2D eigenvalue weighted by Gasteiger charge is -2.35. The molecule has 1 unspecified atom stereocenters. The summed E-state index contributed by atoms with van der Waals surface area (Å²) in [5.41, 5.74) is 4.55. The number of amides is 4. The van der Waals surface area contributed by atoms with E-state index in [0.29, 0.717) is 25.3 Å². The van der Waals surface area contributed by atoms with Gasteiger partial charge in [-0.1, -0.05) is 33.1 Å². The van der Waals surface area contributed by atoms with E-state index in [0.717, 1.165) is 30.6 Å². The zero-order valence-corrected chi connectivity index (χ0v) is 15.9. The number of nitrogens with one attached hydrogen (secondary N) is 1. The molecule has 1 saturated heterocycles. The third-order valence-corrected chi connectivity index (χ3v) is 5.54. The van der Waals surface area contributed by atoms with Gasteiger partial charge in [-0.25, -0.2) is 4.79 Å². The van der Waals surface area contributed by atoms with Crippen molar-refractivity contribution in [3.8, 4) is 0 Å². The maximum absolute atomic E-state index is 12.9. The third kappa shape index (κ3) is 3.81. The highest BCUT2D eigenvalue weighted by Crippen LogP contribution is 2.39. The average Bonchev–Trinajstić information content (AvgIpc) is 2.71. The van der Waals surface area contributed by atoms with Crippen LogP contribution in [0.15, 0.2) is 0 Å². The summed E-state index contributed by atoms with van der Waals surface area (Å²) < 4.78 is 0. The minimum absolute atomic E-state index is 0.229. The second kappa shape index (κ2) is 7.32. The Bertz CT molecular complexity index is 542. The first-order chi connectivity index (χ1) is 11.6. The van der Waals surface area contributed by atoms with E-state index in [1.165, 1.54) is 4.90 Å². The van der Waals surface area contributed by atoms with Crippen LogP contribution in [0.1, 0.15) is 59.3 Å². The summed E-state index contributed by atoms with van der Waals surface area (Å²) in [6.07, 6.45) is 5.05. The van der Waals surface area contributed by atoms with Gasteiger partial charge in [-0.05, 0) is 32.1 Å². The number of likely N-dealkylation sites (N-methyl/N-ethyl adjacent to an activating group) is 1. The predicted molar refractivity (Wildman–Crippen MR) is 95.7 cm³/mol. The van der Waals surface area contributed by atoms with Crippen LogP contribution in [0.2, 0.25) is 0 Å². The Labute approximate surface area is 150 Å². The molecule has 0 bridgehead atoms. The minimum Gasteiger partial charge on any atom is -0.348 e. The van der Waals surface area contributed by atoms with Gasteiger partial charge in [0.05, 0.1) is 0 Å². The van der Waals surface area contributed by atoms with Gasteiger partial charge in [0.15, 0.2) is 0 Å². The van der Waals surface area contributed by atoms with E-state index in [4.69, 9.17) is 5.73 Å². The summed E-state index contributed by atoms with van der Waals surface area (Å²) in [6, 6.07) is -0.375. The number of hydrogen-bond acceptors (Lipinski definition) is 4. The average molecular weight is 352 g/mol. The lowest BCUT2D eigenvalue weighted by atomic mass is 9.81. The SMILES string of the molecule is CC(C)CC(C)(CN)NC(=O)CN1C(=O)N(C)C2(CCCCC2)C1=O. The van der Waals surface area contributed by atoms with E-state index >= 15 is 0 Å². The van der Waals surface area contributed by atoms with E-state index in [1.54, 1.807) is 7.05 Å². The molecule has 0 aromatic heterocycles. The maximum Gasteiger partial charge on any atom is 0.327 e. The number of rotatable bonds is 6. The molecule has 1 saturated carbocycles. The fourth-order valence-corrected chi connectivity index (χ4v) is 4.28. The summed E-state index contributed by atoms with van der Waals surface area (Å²) in [5.74, 6) is -0.190. The van der Waals surface area contributed by atoms with Crippen LogP contribution in [-0.4, -0.2) is 58.9 Å². The molecule has 0 radical (unpaired) electrons. The molecule has 0 aromatic carbocycles. The molecule has 1 heterocycles. The van der Waals surface area contributed by atoms with Crippen LogP contribution in [0.3, 0.4) is 0 Å². The molecular formula is C18H32N4O3. The largest absolute Gasteiger partial charge is 0.348 e. The zero-order chi connectivity index (χ0) is 18.8.